The Hall–Kier alpha value is -2.42. The molecule has 1 fully saturated rings. The van der Waals surface area contributed by atoms with E-state index in [9.17, 15) is 9.59 Å². The molecule has 9 heteroatoms. The molecular formula is C15H18N6O2S. The van der Waals surface area contributed by atoms with Gasteiger partial charge >= 0.3 is 0 Å². The molecule has 1 saturated heterocycles. The summed E-state index contributed by atoms with van der Waals surface area (Å²) < 4.78 is 0. The van der Waals surface area contributed by atoms with E-state index in [1.807, 2.05) is 6.92 Å². The van der Waals surface area contributed by atoms with Gasteiger partial charge in [-0.25, -0.2) is 0 Å². The fraction of sp³-hybridized carbons (Fsp3) is 0.400. The van der Waals surface area contributed by atoms with Crippen LogP contribution >= 0.6 is 11.8 Å². The SMILES string of the molecule is CCCC(=O)N1CSCC1C(=O)Nc1n[nH]c(-c2ccncc2)n1. The molecule has 0 aromatic carbocycles. The second-order valence-electron chi connectivity index (χ2n) is 5.36. The lowest BCUT2D eigenvalue weighted by atomic mass is 10.2. The third kappa shape index (κ3) is 3.56. The minimum Gasteiger partial charge on any atom is -0.321 e. The minimum atomic E-state index is -0.475. The van der Waals surface area contributed by atoms with Gasteiger partial charge in [0, 0.05) is 30.1 Å². The molecule has 2 aromatic rings. The molecule has 126 valence electrons. The first-order valence-corrected chi connectivity index (χ1v) is 8.85. The summed E-state index contributed by atoms with van der Waals surface area (Å²) in [5.41, 5.74) is 0.828. The van der Waals surface area contributed by atoms with Crippen molar-refractivity contribution < 1.29 is 9.59 Å². The summed E-state index contributed by atoms with van der Waals surface area (Å²) in [5.74, 6) is 1.63. The van der Waals surface area contributed by atoms with E-state index >= 15 is 0 Å². The highest BCUT2D eigenvalue weighted by molar-refractivity contribution is 7.99. The van der Waals surface area contributed by atoms with Gasteiger partial charge in [-0.3, -0.25) is 25.0 Å². The molecule has 2 aromatic heterocycles. The van der Waals surface area contributed by atoms with Crippen molar-refractivity contribution >= 4 is 29.5 Å². The van der Waals surface area contributed by atoms with E-state index in [0.717, 1.165) is 12.0 Å². The largest absolute Gasteiger partial charge is 0.321 e. The van der Waals surface area contributed by atoms with Crippen molar-refractivity contribution in [3.8, 4) is 11.4 Å². The zero-order valence-electron chi connectivity index (χ0n) is 13.2. The smallest absolute Gasteiger partial charge is 0.250 e. The van der Waals surface area contributed by atoms with Gasteiger partial charge in [0.05, 0.1) is 5.88 Å². The highest BCUT2D eigenvalue weighted by Gasteiger charge is 2.34. The average molecular weight is 346 g/mol. The van der Waals surface area contributed by atoms with Gasteiger partial charge in [-0.05, 0) is 18.6 Å². The molecule has 0 aliphatic carbocycles. The van der Waals surface area contributed by atoms with E-state index in [4.69, 9.17) is 0 Å². The number of amides is 2. The van der Waals surface area contributed by atoms with Crippen LogP contribution in [0.25, 0.3) is 11.4 Å². The monoisotopic (exact) mass is 346 g/mol. The standard InChI is InChI=1S/C15H18N6O2S/c1-2-3-12(22)21-9-24-8-11(21)14(23)18-15-17-13(19-20-15)10-4-6-16-7-5-10/h4-7,11H,2-3,8-9H2,1H3,(H2,17,18,19,20,23). The first kappa shape index (κ1) is 16.4. The zero-order valence-corrected chi connectivity index (χ0v) is 14.0. The molecule has 24 heavy (non-hydrogen) atoms. The molecule has 3 rings (SSSR count). The summed E-state index contributed by atoms with van der Waals surface area (Å²) in [7, 11) is 0. The van der Waals surface area contributed by atoms with Gasteiger partial charge < -0.3 is 4.90 Å². The van der Waals surface area contributed by atoms with Crippen LogP contribution in [0.15, 0.2) is 24.5 Å². The van der Waals surface area contributed by atoms with Crippen molar-refractivity contribution in [3.05, 3.63) is 24.5 Å². The van der Waals surface area contributed by atoms with Crippen molar-refractivity contribution in [1.82, 2.24) is 25.1 Å². The van der Waals surface area contributed by atoms with Crippen molar-refractivity contribution in [3.63, 3.8) is 0 Å². The van der Waals surface area contributed by atoms with E-state index in [0.29, 0.717) is 23.9 Å². The van der Waals surface area contributed by atoms with Crippen LogP contribution in [0.1, 0.15) is 19.8 Å². The lowest BCUT2D eigenvalue weighted by Gasteiger charge is -2.22. The Kier molecular flexibility index (Phi) is 5.09. The minimum absolute atomic E-state index is 0.00936. The van der Waals surface area contributed by atoms with Gasteiger partial charge in [0.15, 0.2) is 5.82 Å². The van der Waals surface area contributed by atoms with Crippen LogP contribution in [0, 0.1) is 0 Å². The fourth-order valence-corrected chi connectivity index (χ4v) is 3.59. The quantitative estimate of drug-likeness (QED) is 0.850. The lowest BCUT2D eigenvalue weighted by Crippen LogP contribution is -2.44. The Morgan fingerprint density at radius 1 is 1.42 bits per heavy atom. The van der Waals surface area contributed by atoms with E-state index < -0.39 is 6.04 Å². The summed E-state index contributed by atoms with van der Waals surface area (Å²) in [6, 6.07) is 3.12. The predicted molar refractivity (Wildman–Crippen MR) is 91.1 cm³/mol. The van der Waals surface area contributed by atoms with E-state index in [-0.39, 0.29) is 17.8 Å². The normalized spacial score (nSPS) is 17.0. The highest BCUT2D eigenvalue weighted by Crippen LogP contribution is 2.23. The number of carbonyl (C=O) groups excluding carboxylic acids is 2. The van der Waals surface area contributed by atoms with Crippen molar-refractivity contribution in [2.45, 2.75) is 25.8 Å². The van der Waals surface area contributed by atoms with Gasteiger partial charge in [0.25, 0.3) is 0 Å². The molecule has 0 saturated carbocycles. The van der Waals surface area contributed by atoms with Gasteiger partial charge in [0.2, 0.25) is 17.8 Å². The lowest BCUT2D eigenvalue weighted by molar-refractivity contribution is -0.136. The molecule has 0 bridgehead atoms. The number of rotatable bonds is 5. The third-order valence-electron chi connectivity index (χ3n) is 3.64. The van der Waals surface area contributed by atoms with Crippen LogP contribution in [0.3, 0.4) is 0 Å². The molecule has 1 atom stereocenters. The number of aromatic nitrogens is 4. The number of aromatic amines is 1. The van der Waals surface area contributed by atoms with Crippen LogP contribution in [-0.2, 0) is 9.59 Å². The predicted octanol–water partition coefficient (Wildman–Crippen LogP) is 1.51. The van der Waals surface area contributed by atoms with E-state index in [2.05, 4.69) is 25.5 Å². The molecule has 0 spiro atoms. The van der Waals surface area contributed by atoms with Gasteiger partial charge in [-0.1, -0.05) is 6.92 Å². The fourth-order valence-electron chi connectivity index (χ4n) is 2.41. The summed E-state index contributed by atoms with van der Waals surface area (Å²) in [5, 5.41) is 9.48. The second-order valence-corrected chi connectivity index (χ2v) is 6.36. The average Bonchev–Trinajstić information content (AvgIpc) is 3.25. The number of carbonyl (C=O) groups is 2. The first-order chi connectivity index (χ1) is 11.7. The van der Waals surface area contributed by atoms with Crippen LogP contribution in [-0.4, -0.2) is 54.6 Å². The molecule has 1 aliphatic rings. The molecule has 1 unspecified atom stereocenters. The Morgan fingerprint density at radius 2 is 2.21 bits per heavy atom. The van der Waals surface area contributed by atoms with Crippen molar-refractivity contribution in [2.24, 2.45) is 0 Å². The summed E-state index contributed by atoms with van der Waals surface area (Å²) >= 11 is 1.57. The Bertz CT molecular complexity index is 720. The number of nitrogens with zero attached hydrogens (tertiary/aromatic N) is 4. The van der Waals surface area contributed by atoms with Crippen molar-refractivity contribution in [1.29, 1.82) is 0 Å². The number of H-pyrrole nitrogens is 1. The Balaban J connectivity index is 1.67. The summed E-state index contributed by atoms with van der Waals surface area (Å²) in [4.78, 5) is 34.4. The Labute approximate surface area is 143 Å². The number of anilines is 1. The van der Waals surface area contributed by atoms with Crippen LogP contribution in [0.2, 0.25) is 0 Å². The van der Waals surface area contributed by atoms with Crippen molar-refractivity contribution in [2.75, 3.05) is 16.9 Å². The summed E-state index contributed by atoms with van der Waals surface area (Å²) in [6.45, 7) is 1.95. The third-order valence-corrected chi connectivity index (χ3v) is 4.66. The molecule has 1 aliphatic heterocycles. The summed E-state index contributed by atoms with van der Waals surface area (Å²) in [6.07, 6.45) is 4.54. The molecule has 2 amide bonds. The van der Waals surface area contributed by atoms with E-state index in [1.54, 1.807) is 41.2 Å². The maximum Gasteiger partial charge on any atom is 0.250 e. The Morgan fingerprint density at radius 3 is 2.96 bits per heavy atom. The number of nitrogens with one attached hydrogen (secondary N) is 2. The number of hydrogen-bond acceptors (Lipinski definition) is 6. The number of thioether (sulfide) groups is 1. The van der Waals surface area contributed by atoms with Crippen LogP contribution in [0.4, 0.5) is 5.95 Å². The number of pyridine rings is 1. The zero-order chi connectivity index (χ0) is 16.9. The number of hydrogen-bond donors (Lipinski definition) is 2. The molecular weight excluding hydrogens is 328 g/mol. The van der Waals surface area contributed by atoms with Gasteiger partial charge in [-0.2, -0.15) is 4.98 Å². The van der Waals surface area contributed by atoms with E-state index in [1.165, 1.54) is 0 Å². The molecule has 8 nitrogen and oxygen atoms in total. The maximum atomic E-state index is 12.5. The maximum absolute atomic E-state index is 12.5. The van der Waals surface area contributed by atoms with Crippen LogP contribution in [0.5, 0.6) is 0 Å². The highest BCUT2D eigenvalue weighted by atomic mass is 32.2. The molecule has 2 N–H and O–H groups in total. The van der Waals surface area contributed by atoms with Crippen LogP contribution < -0.4 is 5.32 Å². The molecule has 3 heterocycles. The molecule has 0 radical (unpaired) electrons. The topological polar surface area (TPSA) is 104 Å². The van der Waals surface area contributed by atoms with Gasteiger partial charge in [0.1, 0.15) is 6.04 Å². The first-order valence-electron chi connectivity index (χ1n) is 7.70. The van der Waals surface area contributed by atoms with Gasteiger partial charge in [-0.15, -0.1) is 16.9 Å². The second kappa shape index (κ2) is 7.43.